The number of benzene rings is 1. The Hall–Kier alpha value is -0.710. The van der Waals surface area contributed by atoms with Gasteiger partial charge < -0.3 is 5.11 Å². The van der Waals surface area contributed by atoms with Crippen molar-refractivity contribution in [3.05, 3.63) is 29.3 Å². The summed E-state index contributed by atoms with van der Waals surface area (Å²) in [6.07, 6.45) is -4.51. The zero-order valence-corrected chi connectivity index (χ0v) is 7.98. The predicted molar refractivity (Wildman–Crippen MR) is 45.7 cm³/mol. The molecular weight excluding hydrogens is 249 g/mol. The first kappa shape index (κ1) is 10.4. The molecule has 1 rings (SSSR count). The largest absolute Gasteiger partial charge is 0.507 e. The lowest BCUT2D eigenvalue weighted by Crippen LogP contribution is -2.08. The Morgan fingerprint density at radius 1 is 1.31 bits per heavy atom. The van der Waals surface area contributed by atoms with Crippen molar-refractivity contribution >= 4 is 15.9 Å². The van der Waals surface area contributed by atoms with Crippen LogP contribution >= 0.6 is 15.9 Å². The Morgan fingerprint density at radius 2 is 1.92 bits per heavy atom. The standard InChI is InChI=1S/C8H6BrF3O/c9-4-5-2-1-3-6(13)7(5)8(10,11)12/h1-3,13H,4H2. The Kier molecular flexibility index (Phi) is 2.85. The van der Waals surface area contributed by atoms with E-state index in [1.807, 2.05) is 0 Å². The molecule has 1 N–H and O–H groups in total. The van der Waals surface area contributed by atoms with Crippen LogP contribution in [0.3, 0.4) is 0 Å². The van der Waals surface area contributed by atoms with Crippen LogP contribution in [0.4, 0.5) is 13.2 Å². The number of hydrogen-bond acceptors (Lipinski definition) is 1. The van der Waals surface area contributed by atoms with Crippen LogP contribution in [0.1, 0.15) is 11.1 Å². The third-order valence-electron chi connectivity index (χ3n) is 1.56. The van der Waals surface area contributed by atoms with Gasteiger partial charge in [0, 0.05) is 5.33 Å². The molecule has 0 saturated carbocycles. The third-order valence-corrected chi connectivity index (χ3v) is 2.16. The Balaban J connectivity index is 3.32. The smallest absolute Gasteiger partial charge is 0.420 e. The van der Waals surface area contributed by atoms with E-state index >= 15 is 0 Å². The van der Waals surface area contributed by atoms with Gasteiger partial charge in [-0.3, -0.25) is 0 Å². The van der Waals surface area contributed by atoms with Crippen LogP contribution in [0.5, 0.6) is 5.75 Å². The van der Waals surface area contributed by atoms with E-state index < -0.39 is 17.5 Å². The van der Waals surface area contributed by atoms with E-state index in [1.54, 1.807) is 0 Å². The minimum Gasteiger partial charge on any atom is -0.507 e. The second-order valence-corrected chi connectivity index (χ2v) is 3.00. The van der Waals surface area contributed by atoms with E-state index in [9.17, 15) is 13.2 Å². The highest BCUT2D eigenvalue weighted by Gasteiger charge is 2.35. The first-order valence-corrected chi connectivity index (χ1v) is 4.53. The van der Waals surface area contributed by atoms with Crippen LogP contribution in [0.2, 0.25) is 0 Å². The zero-order chi connectivity index (χ0) is 10.1. The number of alkyl halides is 4. The fraction of sp³-hybridized carbons (Fsp3) is 0.250. The molecule has 0 spiro atoms. The Morgan fingerprint density at radius 3 is 2.31 bits per heavy atom. The van der Waals surface area contributed by atoms with Crippen molar-refractivity contribution in [3.8, 4) is 5.75 Å². The summed E-state index contributed by atoms with van der Waals surface area (Å²) in [4.78, 5) is 0. The SMILES string of the molecule is Oc1cccc(CBr)c1C(F)(F)F. The molecule has 5 heteroatoms. The van der Waals surface area contributed by atoms with Gasteiger partial charge in [-0.15, -0.1) is 0 Å². The highest BCUT2D eigenvalue weighted by Crippen LogP contribution is 2.38. The van der Waals surface area contributed by atoms with E-state index in [-0.39, 0.29) is 10.9 Å². The van der Waals surface area contributed by atoms with Gasteiger partial charge in [-0.05, 0) is 11.6 Å². The first-order valence-electron chi connectivity index (χ1n) is 3.41. The molecule has 0 amide bonds. The number of hydrogen-bond donors (Lipinski definition) is 1. The molecule has 0 aliphatic heterocycles. The van der Waals surface area contributed by atoms with Gasteiger partial charge in [0.1, 0.15) is 11.3 Å². The summed E-state index contributed by atoms with van der Waals surface area (Å²) in [6, 6.07) is 3.72. The lowest BCUT2D eigenvalue weighted by Gasteiger charge is -2.12. The van der Waals surface area contributed by atoms with Gasteiger partial charge in [-0.25, -0.2) is 0 Å². The van der Waals surface area contributed by atoms with Gasteiger partial charge in [0.2, 0.25) is 0 Å². The molecule has 13 heavy (non-hydrogen) atoms. The second kappa shape index (κ2) is 3.57. The molecule has 0 bridgehead atoms. The number of aromatic hydroxyl groups is 1. The van der Waals surface area contributed by atoms with Gasteiger partial charge in [-0.2, -0.15) is 13.2 Å². The lowest BCUT2D eigenvalue weighted by molar-refractivity contribution is -0.139. The highest BCUT2D eigenvalue weighted by molar-refractivity contribution is 9.08. The summed E-state index contributed by atoms with van der Waals surface area (Å²) in [5, 5.41) is 9.08. The van der Waals surface area contributed by atoms with Crippen LogP contribution in [-0.4, -0.2) is 5.11 Å². The summed E-state index contributed by atoms with van der Waals surface area (Å²) in [5.74, 6) is -0.732. The Bertz CT molecular complexity index is 309. The van der Waals surface area contributed by atoms with Crippen LogP contribution in [0.15, 0.2) is 18.2 Å². The van der Waals surface area contributed by atoms with Gasteiger partial charge in [0.25, 0.3) is 0 Å². The molecule has 0 atom stereocenters. The fourth-order valence-electron chi connectivity index (χ4n) is 1.03. The van der Waals surface area contributed by atoms with Gasteiger partial charge in [0.05, 0.1) is 0 Å². The summed E-state index contributed by atoms with van der Waals surface area (Å²) in [5.41, 5.74) is -0.931. The molecule has 72 valence electrons. The predicted octanol–water partition coefficient (Wildman–Crippen LogP) is 3.31. The fourth-order valence-corrected chi connectivity index (χ4v) is 1.49. The molecule has 0 saturated heterocycles. The summed E-state index contributed by atoms with van der Waals surface area (Å²) >= 11 is 2.92. The highest BCUT2D eigenvalue weighted by atomic mass is 79.9. The molecule has 0 unspecified atom stereocenters. The summed E-state index contributed by atoms with van der Waals surface area (Å²) < 4.78 is 36.9. The topological polar surface area (TPSA) is 20.2 Å². The number of phenolic OH excluding ortho intramolecular Hbond substituents is 1. The van der Waals surface area contributed by atoms with Crippen molar-refractivity contribution in [3.63, 3.8) is 0 Å². The van der Waals surface area contributed by atoms with Crippen molar-refractivity contribution < 1.29 is 18.3 Å². The normalized spacial score (nSPS) is 11.7. The van der Waals surface area contributed by atoms with Gasteiger partial charge >= 0.3 is 6.18 Å². The van der Waals surface area contributed by atoms with Crippen LogP contribution in [-0.2, 0) is 11.5 Å². The molecule has 0 aliphatic carbocycles. The average molecular weight is 255 g/mol. The van der Waals surface area contributed by atoms with E-state index in [0.717, 1.165) is 6.07 Å². The molecule has 0 fully saturated rings. The van der Waals surface area contributed by atoms with E-state index in [0.29, 0.717) is 0 Å². The number of rotatable bonds is 1. The number of halogens is 4. The minimum atomic E-state index is -4.51. The van der Waals surface area contributed by atoms with Crippen molar-refractivity contribution in [1.29, 1.82) is 0 Å². The maximum absolute atomic E-state index is 12.3. The third kappa shape index (κ3) is 2.15. The van der Waals surface area contributed by atoms with E-state index in [4.69, 9.17) is 5.11 Å². The van der Waals surface area contributed by atoms with Gasteiger partial charge in [0.15, 0.2) is 0 Å². The molecule has 0 aromatic heterocycles. The van der Waals surface area contributed by atoms with Crippen LogP contribution < -0.4 is 0 Å². The zero-order valence-electron chi connectivity index (χ0n) is 6.40. The van der Waals surface area contributed by atoms with Gasteiger partial charge in [-0.1, -0.05) is 28.1 Å². The summed E-state index contributed by atoms with van der Waals surface area (Å²) in [7, 11) is 0. The molecule has 1 nitrogen and oxygen atoms in total. The Labute approximate surface area is 81.3 Å². The number of phenols is 1. The molecule has 0 heterocycles. The van der Waals surface area contributed by atoms with Crippen molar-refractivity contribution in [2.45, 2.75) is 11.5 Å². The van der Waals surface area contributed by atoms with Crippen LogP contribution in [0, 0.1) is 0 Å². The maximum atomic E-state index is 12.3. The van der Waals surface area contributed by atoms with Crippen molar-refractivity contribution in [2.24, 2.45) is 0 Å². The molecular formula is C8H6BrF3O. The maximum Gasteiger partial charge on any atom is 0.420 e. The monoisotopic (exact) mass is 254 g/mol. The van der Waals surface area contributed by atoms with Crippen LogP contribution in [0.25, 0.3) is 0 Å². The van der Waals surface area contributed by atoms with E-state index in [2.05, 4.69) is 15.9 Å². The molecule has 1 aromatic carbocycles. The van der Waals surface area contributed by atoms with Crippen molar-refractivity contribution in [2.75, 3.05) is 0 Å². The van der Waals surface area contributed by atoms with Crippen molar-refractivity contribution in [1.82, 2.24) is 0 Å². The minimum absolute atomic E-state index is 0.0347. The summed E-state index contributed by atoms with van der Waals surface area (Å²) in [6.45, 7) is 0. The first-order chi connectivity index (χ1) is 5.96. The molecule has 1 aromatic rings. The molecule has 0 radical (unpaired) electrons. The second-order valence-electron chi connectivity index (χ2n) is 2.44. The lowest BCUT2D eigenvalue weighted by atomic mass is 10.1. The average Bonchev–Trinajstić information content (AvgIpc) is 2.01. The van der Waals surface area contributed by atoms with E-state index in [1.165, 1.54) is 12.1 Å². The quantitative estimate of drug-likeness (QED) is 0.763. The molecule has 0 aliphatic rings.